The molecule has 0 spiro atoms. The van der Waals surface area contributed by atoms with Gasteiger partial charge in [-0.15, -0.1) is 0 Å². The number of methoxy groups -OCH3 is 1. The standard InChI is InChI=1S/C16H28N2O2/c1-12(2)18(4)10-6-9-17-13(3)14-7-8-15(19)16(11-14)20-5/h7-8,11-13,17,19H,6,9-10H2,1-5H3. The van der Waals surface area contributed by atoms with Gasteiger partial charge in [0.25, 0.3) is 0 Å². The lowest BCUT2D eigenvalue weighted by Crippen LogP contribution is -2.30. The van der Waals surface area contributed by atoms with Crippen LogP contribution < -0.4 is 10.1 Å². The lowest BCUT2D eigenvalue weighted by Gasteiger charge is -2.21. The number of hydrogen-bond donors (Lipinski definition) is 2. The Morgan fingerprint density at radius 2 is 2.00 bits per heavy atom. The van der Waals surface area contributed by atoms with Gasteiger partial charge < -0.3 is 20.1 Å². The Labute approximate surface area is 122 Å². The SMILES string of the molecule is COc1cc(C(C)NCCCN(C)C(C)C)ccc1O. The fourth-order valence-corrected chi connectivity index (χ4v) is 1.99. The van der Waals surface area contributed by atoms with Crippen molar-refractivity contribution >= 4 is 0 Å². The molecule has 0 aliphatic rings. The maximum Gasteiger partial charge on any atom is 0.160 e. The third-order valence-corrected chi connectivity index (χ3v) is 3.72. The summed E-state index contributed by atoms with van der Waals surface area (Å²) in [5.74, 6) is 0.706. The molecule has 1 atom stereocenters. The van der Waals surface area contributed by atoms with Gasteiger partial charge in [0, 0.05) is 12.1 Å². The van der Waals surface area contributed by atoms with Crippen molar-refractivity contribution in [3.63, 3.8) is 0 Å². The molecule has 1 aromatic rings. The summed E-state index contributed by atoms with van der Waals surface area (Å²) in [5, 5.41) is 13.1. The van der Waals surface area contributed by atoms with Crippen molar-refractivity contribution in [3.05, 3.63) is 23.8 Å². The van der Waals surface area contributed by atoms with E-state index in [2.05, 4.69) is 38.0 Å². The highest BCUT2D eigenvalue weighted by Gasteiger charge is 2.09. The molecule has 1 unspecified atom stereocenters. The molecule has 1 aromatic carbocycles. The summed E-state index contributed by atoms with van der Waals surface area (Å²) in [5.41, 5.74) is 1.12. The zero-order chi connectivity index (χ0) is 15.1. The molecule has 0 saturated carbocycles. The van der Waals surface area contributed by atoms with Crippen molar-refractivity contribution in [1.29, 1.82) is 0 Å². The summed E-state index contributed by atoms with van der Waals surface area (Å²) in [7, 11) is 3.72. The van der Waals surface area contributed by atoms with E-state index >= 15 is 0 Å². The molecule has 0 aliphatic carbocycles. The zero-order valence-corrected chi connectivity index (χ0v) is 13.3. The van der Waals surface area contributed by atoms with Crippen LogP contribution in [0.1, 0.15) is 38.8 Å². The molecule has 4 nitrogen and oxygen atoms in total. The molecule has 0 bridgehead atoms. The molecular weight excluding hydrogens is 252 g/mol. The Bertz CT molecular complexity index is 407. The maximum absolute atomic E-state index is 9.59. The highest BCUT2D eigenvalue weighted by atomic mass is 16.5. The van der Waals surface area contributed by atoms with Gasteiger partial charge in [-0.3, -0.25) is 0 Å². The minimum absolute atomic E-state index is 0.182. The van der Waals surface area contributed by atoms with Crippen LogP contribution in [0.25, 0.3) is 0 Å². The Balaban J connectivity index is 2.41. The van der Waals surface area contributed by atoms with Crippen LogP contribution in [-0.4, -0.2) is 43.3 Å². The number of phenols is 1. The topological polar surface area (TPSA) is 44.7 Å². The molecule has 2 N–H and O–H groups in total. The van der Waals surface area contributed by atoms with E-state index < -0.39 is 0 Å². The van der Waals surface area contributed by atoms with Crippen LogP contribution in [-0.2, 0) is 0 Å². The average Bonchev–Trinajstić information content (AvgIpc) is 2.43. The highest BCUT2D eigenvalue weighted by molar-refractivity contribution is 5.42. The normalized spacial score (nSPS) is 12.9. The summed E-state index contributed by atoms with van der Waals surface area (Å²) in [6.45, 7) is 8.60. The molecule has 0 aliphatic heterocycles. The van der Waals surface area contributed by atoms with E-state index in [9.17, 15) is 5.11 Å². The number of nitrogens with one attached hydrogen (secondary N) is 1. The minimum Gasteiger partial charge on any atom is -0.504 e. The molecule has 20 heavy (non-hydrogen) atoms. The van der Waals surface area contributed by atoms with Gasteiger partial charge in [-0.1, -0.05) is 6.07 Å². The van der Waals surface area contributed by atoms with Crippen molar-refractivity contribution < 1.29 is 9.84 Å². The van der Waals surface area contributed by atoms with E-state index in [4.69, 9.17) is 4.74 Å². The average molecular weight is 280 g/mol. The van der Waals surface area contributed by atoms with Crippen LogP contribution >= 0.6 is 0 Å². The van der Waals surface area contributed by atoms with Crippen LogP contribution in [0.3, 0.4) is 0 Å². The lowest BCUT2D eigenvalue weighted by molar-refractivity contribution is 0.268. The summed E-state index contributed by atoms with van der Waals surface area (Å²) < 4.78 is 5.13. The second-order valence-corrected chi connectivity index (χ2v) is 5.54. The third-order valence-electron chi connectivity index (χ3n) is 3.72. The molecular formula is C16H28N2O2. The second kappa shape index (κ2) is 8.12. The fraction of sp³-hybridized carbons (Fsp3) is 0.625. The van der Waals surface area contributed by atoms with E-state index in [1.807, 2.05) is 12.1 Å². The second-order valence-electron chi connectivity index (χ2n) is 5.54. The smallest absolute Gasteiger partial charge is 0.160 e. The van der Waals surface area contributed by atoms with E-state index in [1.165, 1.54) is 0 Å². The Morgan fingerprint density at radius 1 is 1.30 bits per heavy atom. The summed E-state index contributed by atoms with van der Waals surface area (Å²) in [6.07, 6.45) is 1.12. The monoisotopic (exact) mass is 280 g/mol. The van der Waals surface area contributed by atoms with E-state index in [0.717, 1.165) is 25.1 Å². The number of hydrogen-bond acceptors (Lipinski definition) is 4. The predicted octanol–water partition coefficient (Wildman–Crippen LogP) is 2.78. The fourth-order valence-electron chi connectivity index (χ4n) is 1.99. The van der Waals surface area contributed by atoms with E-state index in [-0.39, 0.29) is 11.8 Å². The molecule has 0 heterocycles. The molecule has 0 saturated heterocycles. The van der Waals surface area contributed by atoms with Crippen LogP contribution in [0.2, 0.25) is 0 Å². The highest BCUT2D eigenvalue weighted by Crippen LogP contribution is 2.28. The van der Waals surface area contributed by atoms with Crippen LogP contribution in [0, 0.1) is 0 Å². The van der Waals surface area contributed by atoms with Gasteiger partial charge in [-0.05, 0) is 65.0 Å². The van der Waals surface area contributed by atoms with Crippen molar-refractivity contribution in [1.82, 2.24) is 10.2 Å². The van der Waals surface area contributed by atoms with Crippen molar-refractivity contribution in [2.75, 3.05) is 27.2 Å². The Hall–Kier alpha value is -1.26. The van der Waals surface area contributed by atoms with E-state index in [0.29, 0.717) is 11.8 Å². The van der Waals surface area contributed by atoms with Gasteiger partial charge in [-0.25, -0.2) is 0 Å². The summed E-state index contributed by atoms with van der Waals surface area (Å²) in [6, 6.07) is 6.32. The van der Waals surface area contributed by atoms with Crippen molar-refractivity contribution in [2.45, 2.75) is 39.3 Å². The number of ether oxygens (including phenoxy) is 1. The third kappa shape index (κ3) is 5.02. The van der Waals surface area contributed by atoms with Gasteiger partial charge in [-0.2, -0.15) is 0 Å². The van der Waals surface area contributed by atoms with Crippen LogP contribution in [0.4, 0.5) is 0 Å². The van der Waals surface area contributed by atoms with Gasteiger partial charge in [0.15, 0.2) is 11.5 Å². The molecule has 1 rings (SSSR count). The number of nitrogens with zero attached hydrogens (tertiary/aromatic N) is 1. The van der Waals surface area contributed by atoms with E-state index in [1.54, 1.807) is 13.2 Å². The molecule has 0 radical (unpaired) electrons. The number of benzene rings is 1. The van der Waals surface area contributed by atoms with Crippen molar-refractivity contribution in [3.8, 4) is 11.5 Å². The Kier molecular flexibility index (Phi) is 6.82. The molecule has 0 amide bonds. The van der Waals surface area contributed by atoms with Crippen LogP contribution in [0.15, 0.2) is 18.2 Å². The van der Waals surface area contributed by atoms with Gasteiger partial charge in [0.2, 0.25) is 0 Å². The first-order valence-electron chi connectivity index (χ1n) is 7.26. The largest absolute Gasteiger partial charge is 0.504 e. The summed E-state index contributed by atoms with van der Waals surface area (Å²) in [4.78, 5) is 2.34. The first-order chi connectivity index (χ1) is 9.45. The van der Waals surface area contributed by atoms with Gasteiger partial charge in [0.05, 0.1) is 7.11 Å². The first-order valence-corrected chi connectivity index (χ1v) is 7.26. The molecule has 4 heteroatoms. The quantitative estimate of drug-likeness (QED) is 0.719. The number of rotatable bonds is 8. The number of phenolic OH excluding ortho intramolecular Hbond substituents is 1. The van der Waals surface area contributed by atoms with Crippen LogP contribution in [0.5, 0.6) is 11.5 Å². The molecule has 0 aromatic heterocycles. The Morgan fingerprint density at radius 3 is 2.60 bits per heavy atom. The van der Waals surface area contributed by atoms with Crippen molar-refractivity contribution in [2.24, 2.45) is 0 Å². The van der Waals surface area contributed by atoms with Gasteiger partial charge >= 0.3 is 0 Å². The summed E-state index contributed by atoms with van der Waals surface area (Å²) >= 11 is 0. The maximum atomic E-state index is 9.59. The number of aromatic hydroxyl groups is 1. The minimum atomic E-state index is 0.182. The van der Waals surface area contributed by atoms with Gasteiger partial charge in [0.1, 0.15) is 0 Å². The first kappa shape index (κ1) is 16.8. The predicted molar refractivity (Wildman–Crippen MR) is 83.5 cm³/mol. The lowest BCUT2D eigenvalue weighted by atomic mass is 10.1. The zero-order valence-electron chi connectivity index (χ0n) is 13.3. The molecule has 114 valence electrons. The molecule has 0 fully saturated rings.